The molecule has 0 radical (unpaired) electrons. The molecule has 0 spiro atoms. The van der Waals surface area contributed by atoms with Crippen molar-refractivity contribution in [1.82, 2.24) is 34.7 Å². The summed E-state index contributed by atoms with van der Waals surface area (Å²) in [7, 11) is 3.08. The molecule has 1 aliphatic rings. The van der Waals surface area contributed by atoms with Crippen molar-refractivity contribution in [1.29, 1.82) is 0 Å². The topological polar surface area (TPSA) is 136 Å². The number of methoxy groups -OCH3 is 2. The van der Waals surface area contributed by atoms with Crippen LogP contribution in [0.4, 0.5) is 11.9 Å². The zero-order chi connectivity index (χ0) is 24.6. The predicted octanol–water partition coefficient (Wildman–Crippen LogP) is 2.56. The van der Waals surface area contributed by atoms with Crippen LogP contribution in [0, 0.1) is 0 Å². The van der Waals surface area contributed by atoms with Crippen molar-refractivity contribution in [2.45, 2.75) is 37.4 Å². The molecule has 3 aromatic heterocycles. The SMILES string of the molecule is COc1ncnc(OC)c1-n1c(CCCCO)nnc1NSC1CCCN(c2ncc(Cl)cn2)C1. The number of piperidine rings is 1. The molecule has 1 aliphatic heterocycles. The van der Waals surface area contributed by atoms with Crippen molar-refractivity contribution in [3.05, 3.63) is 29.6 Å². The van der Waals surface area contributed by atoms with E-state index in [0.29, 0.717) is 53.0 Å². The summed E-state index contributed by atoms with van der Waals surface area (Å²) in [6.45, 7) is 1.78. The van der Waals surface area contributed by atoms with Gasteiger partial charge in [-0.05, 0) is 37.6 Å². The van der Waals surface area contributed by atoms with Gasteiger partial charge in [0, 0.05) is 31.4 Å². The first kappa shape index (κ1) is 25.2. The van der Waals surface area contributed by atoms with Crippen molar-refractivity contribution in [2.75, 3.05) is 43.5 Å². The Bertz CT molecular complexity index is 1080. The van der Waals surface area contributed by atoms with Gasteiger partial charge in [-0.2, -0.15) is 9.97 Å². The molecule has 1 unspecified atom stereocenters. The molecular formula is C21H28ClN9O3S. The van der Waals surface area contributed by atoms with Crippen LogP contribution in [0.2, 0.25) is 5.02 Å². The summed E-state index contributed by atoms with van der Waals surface area (Å²) < 4.78 is 16.2. The first-order valence-electron chi connectivity index (χ1n) is 11.3. The summed E-state index contributed by atoms with van der Waals surface area (Å²) in [6, 6.07) is 0. The molecule has 1 saturated heterocycles. The number of ether oxygens (including phenoxy) is 2. The molecule has 0 bridgehead atoms. The highest BCUT2D eigenvalue weighted by molar-refractivity contribution is 8.01. The van der Waals surface area contributed by atoms with Gasteiger partial charge in [-0.1, -0.05) is 11.6 Å². The second-order valence-corrected chi connectivity index (χ2v) is 9.37. The van der Waals surface area contributed by atoms with E-state index in [4.69, 9.17) is 21.1 Å². The van der Waals surface area contributed by atoms with E-state index in [9.17, 15) is 5.11 Å². The Balaban J connectivity index is 1.56. The molecule has 1 atom stereocenters. The molecule has 0 aliphatic carbocycles. The van der Waals surface area contributed by atoms with E-state index in [1.54, 1.807) is 38.6 Å². The number of halogens is 1. The third-order valence-electron chi connectivity index (χ3n) is 5.49. The Morgan fingerprint density at radius 2 is 1.86 bits per heavy atom. The number of aliphatic hydroxyl groups is 1. The van der Waals surface area contributed by atoms with Crippen LogP contribution in [0.5, 0.6) is 11.8 Å². The molecule has 1 fully saturated rings. The van der Waals surface area contributed by atoms with Gasteiger partial charge in [0.2, 0.25) is 23.7 Å². The van der Waals surface area contributed by atoms with E-state index >= 15 is 0 Å². The Kier molecular flexibility index (Phi) is 8.77. The highest BCUT2D eigenvalue weighted by atomic mass is 35.5. The maximum absolute atomic E-state index is 9.21. The quantitative estimate of drug-likeness (QED) is 0.283. The summed E-state index contributed by atoms with van der Waals surface area (Å²) in [5.74, 6) is 2.56. The lowest BCUT2D eigenvalue weighted by Gasteiger charge is -2.32. The molecule has 0 saturated carbocycles. The van der Waals surface area contributed by atoms with Gasteiger partial charge < -0.3 is 19.5 Å². The standard InChI is InChI=1S/C21H28ClN9O3S/c1-33-18-17(19(34-2)26-13-25-18)31-16(7-3-4-9-32)27-28-21(31)29-35-15-6-5-8-30(12-15)20-23-10-14(22)11-24-20/h10-11,13,15,32H,3-9,12H2,1-2H3,(H,28,29). The minimum atomic E-state index is 0.117. The van der Waals surface area contributed by atoms with Crippen LogP contribution in [0.15, 0.2) is 18.7 Å². The molecule has 12 nitrogen and oxygen atoms in total. The number of nitrogens with one attached hydrogen (secondary N) is 1. The van der Waals surface area contributed by atoms with Crippen LogP contribution in [-0.2, 0) is 6.42 Å². The summed E-state index contributed by atoms with van der Waals surface area (Å²) in [4.78, 5) is 19.4. The van der Waals surface area contributed by atoms with E-state index in [1.165, 1.54) is 6.33 Å². The van der Waals surface area contributed by atoms with Crippen LogP contribution >= 0.6 is 23.5 Å². The summed E-state index contributed by atoms with van der Waals surface area (Å²) >= 11 is 7.51. The predicted molar refractivity (Wildman–Crippen MR) is 134 cm³/mol. The molecule has 14 heteroatoms. The number of unbranched alkanes of at least 4 members (excludes halogenated alkanes) is 1. The largest absolute Gasteiger partial charge is 0.479 e. The average molecular weight is 522 g/mol. The normalized spacial score (nSPS) is 15.8. The van der Waals surface area contributed by atoms with Crippen molar-refractivity contribution in [3.8, 4) is 17.4 Å². The Labute approximate surface area is 212 Å². The van der Waals surface area contributed by atoms with Gasteiger partial charge in [-0.15, -0.1) is 10.2 Å². The molecule has 4 heterocycles. The molecule has 0 aromatic carbocycles. The second-order valence-electron chi connectivity index (χ2n) is 7.83. The van der Waals surface area contributed by atoms with Gasteiger partial charge in [0.15, 0.2) is 5.69 Å². The minimum Gasteiger partial charge on any atom is -0.479 e. The zero-order valence-electron chi connectivity index (χ0n) is 19.6. The first-order valence-corrected chi connectivity index (χ1v) is 12.5. The van der Waals surface area contributed by atoms with Gasteiger partial charge in [0.1, 0.15) is 12.2 Å². The van der Waals surface area contributed by atoms with Gasteiger partial charge >= 0.3 is 0 Å². The maximum atomic E-state index is 9.21. The fourth-order valence-corrected chi connectivity index (χ4v) is 4.87. The van der Waals surface area contributed by atoms with Crippen LogP contribution in [0.25, 0.3) is 5.69 Å². The molecule has 0 amide bonds. The van der Waals surface area contributed by atoms with E-state index in [1.807, 2.05) is 4.57 Å². The third kappa shape index (κ3) is 6.03. The molecule has 2 N–H and O–H groups in total. The molecule has 35 heavy (non-hydrogen) atoms. The van der Waals surface area contributed by atoms with E-state index in [0.717, 1.165) is 32.4 Å². The van der Waals surface area contributed by atoms with Crippen molar-refractivity contribution in [3.63, 3.8) is 0 Å². The summed E-state index contributed by atoms with van der Waals surface area (Å²) in [5, 5.41) is 18.8. The maximum Gasteiger partial charge on any atom is 0.245 e. The van der Waals surface area contributed by atoms with E-state index in [-0.39, 0.29) is 11.9 Å². The van der Waals surface area contributed by atoms with Crippen LogP contribution in [0.1, 0.15) is 31.5 Å². The highest BCUT2D eigenvalue weighted by Gasteiger charge is 2.26. The second kappa shape index (κ2) is 12.2. The van der Waals surface area contributed by atoms with Crippen molar-refractivity contribution >= 4 is 35.4 Å². The number of aryl methyl sites for hydroxylation is 1. The third-order valence-corrected chi connectivity index (χ3v) is 6.70. The number of anilines is 2. The monoisotopic (exact) mass is 521 g/mol. The van der Waals surface area contributed by atoms with Gasteiger partial charge in [-0.25, -0.2) is 9.97 Å². The zero-order valence-corrected chi connectivity index (χ0v) is 21.2. The lowest BCUT2D eigenvalue weighted by molar-refractivity contribution is 0.284. The van der Waals surface area contributed by atoms with Crippen molar-refractivity contribution in [2.24, 2.45) is 0 Å². The van der Waals surface area contributed by atoms with Crippen LogP contribution in [-0.4, -0.2) is 79.0 Å². The Morgan fingerprint density at radius 3 is 2.54 bits per heavy atom. The molecule has 3 aromatic rings. The van der Waals surface area contributed by atoms with Crippen molar-refractivity contribution < 1.29 is 14.6 Å². The number of hydrogen-bond acceptors (Lipinski definition) is 12. The number of aromatic nitrogens is 7. The Morgan fingerprint density at radius 1 is 1.11 bits per heavy atom. The van der Waals surface area contributed by atoms with Gasteiger partial charge in [-0.3, -0.25) is 9.29 Å². The lowest BCUT2D eigenvalue weighted by atomic mass is 10.1. The summed E-state index contributed by atoms with van der Waals surface area (Å²) in [6.07, 6.45) is 8.66. The van der Waals surface area contributed by atoms with Crippen LogP contribution in [0.3, 0.4) is 0 Å². The number of aliphatic hydroxyl groups excluding tert-OH is 1. The fourth-order valence-electron chi connectivity index (χ4n) is 3.83. The number of hydrogen-bond donors (Lipinski definition) is 2. The molecule has 188 valence electrons. The smallest absolute Gasteiger partial charge is 0.245 e. The molecule has 4 rings (SSSR count). The average Bonchev–Trinajstić information content (AvgIpc) is 3.29. The van der Waals surface area contributed by atoms with E-state index < -0.39 is 0 Å². The summed E-state index contributed by atoms with van der Waals surface area (Å²) in [5.41, 5.74) is 0.518. The van der Waals surface area contributed by atoms with Crippen LogP contribution < -0.4 is 19.1 Å². The van der Waals surface area contributed by atoms with Gasteiger partial charge in [0.25, 0.3) is 0 Å². The van der Waals surface area contributed by atoms with E-state index in [2.05, 4.69) is 39.8 Å². The highest BCUT2D eigenvalue weighted by Crippen LogP contribution is 2.34. The fraction of sp³-hybridized carbons (Fsp3) is 0.524. The number of rotatable bonds is 11. The first-order chi connectivity index (χ1) is 17.1. The van der Waals surface area contributed by atoms with Gasteiger partial charge in [0.05, 0.1) is 31.6 Å². The minimum absolute atomic E-state index is 0.117. The lowest BCUT2D eigenvalue weighted by Crippen LogP contribution is -2.38. The number of nitrogens with zero attached hydrogens (tertiary/aromatic N) is 8. The molecular weight excluding hydrogens is 494 g/mol. The Hall–Kier alpha value is -2.90.